The van der Waals surface area contributed by atoms with E-state index in [0.717, 1.165) is 24.0 Å². The Morgan fingerprint density at radius 3 is 2.42 bits per heavy atom. The lowest BCUT2D eigenvalue weighted by molar-refractivity contribution is 0.682. The maximum absolute atomic E-state index is 11.2. The van der Waals surface area contributed by atoms with Crippen molar-refractivity contribution in [1.29, 1.82) is 0 Å². The van der Waals surface area contributed by atoms with E-state index in [4.69, 9.17) is 0 Å². The molecule has 0 amide bonds. The Bertz CT molecular complexity index is 437. The molecular weight excluding hydrogens is 260 g/mol. The zero-order valence-electron chi connectivity index (χ0n) is 12.4. The van der Waals surface area contributed by atoms with Gasteiger partial charge in [-0.25, -0.2) is 9.97 Å². The average molecular weight is 284 g/mol. The Kier molecular flexibility index (Phi) is 6.21. The summed E-state index contributed by atoms with van der Waals surface area (Å²) in [6.45, 7) is 9.00. The highest BCUT2D eigenvalue weighted by Crippen LogP contribution is 2.17. The number of nitrogens with one attached hydrogen (secondary N) is 2. The van der Waals surface area contributed by atoms with E-state index in [1.807, 2.05) is 19.9 Å². The van der Waals surface area contributed by atoms with Crippen LogP contribution in [0.15, 0.2) is 6.07 Å². The quantitative estimate of drug-likeness (QED) is 0.803. The smallest absolute Gasteiger partial charge is 0.135 e. The van der Waals surface area contributed by atoms with Crippen molar-refractivity contribution < 1.29 is 4.21 Å². The van der Waals surface area contributed by atoms with Gasteiger partial charge in [0.1, 0.15) is 17.5 Å². The Morgan fingerprint density at radius 2 is 1.89 bits per heavy atom. The summed E-state index contributed by atoms with van der Waals surface area (Å²) >= 11 is 0. The van der Waals surface area contributed by atoms with Crippen molar-refractivity contribution in [3.8, 4) is 0 Å². The number of nitrogens with zero attached hydrogens (tertiary/aromatic N) is 2. The van der Waals surface area contributed by atoms with Crippen LogP contribution in [0.3, 0.4) is 0 Å². The van der Waals surface area contributed by atoms with Gasteiger partial charge < -0.3 is 10.6 Å². The summed E-state index contributed by atoms with van der Waals surface area (Å²) in [6.07, 6.45) is 1.71. The monoisotopic (exact) mass is 284 g/mol. The zero-order chi connectivity index (χ0) is 14.4. The van der Waals surface area contributed by atoms with Gasteiger partial charge in [0.15, 0.2) is 0 Å². The summed E-state index contributed by atoms with van der Waals surface area (Å²) in [5.41, 5.74) is 0. The topological polar surface area (TPSA) is 66.9 Å². The fraction of sp³-hybridized carbons (Fsp3) is 0.692. The van der Waals surface area contributed by atoms with Crippen molar-refractivity contribution >= 4 is 22.4 Å². The number of hydrogen-bond acceptors (Lipinski definition) is 5. The highest BCUT2D eigenvalue weighted by molar-refractivity contribution is 7.84. The maximum Gasteiger partial charge on any atom is 0.135 e. The van der Waals surface area contributed by atoms with Crippen LogP contribution in [-0.2, 0) is 10.8 Å². The van der Waals surface area contributed by atoms with Crippen LogP contribution in [0.2, 0.25) is 0 Å². The highest BCUT2D eigenvalue weighted by atomic mass is 32.2. The molecule has 2 unspecified atom stereocenters. The van der Waals surface area contributed by atoms with Crippen molar-refractivity contribution in [1.82, 2.24) is 9.97 Å². The lowest BCUT2D eigenvalue weighted by atomic mass is 10.2. The van der Waals surface area contributed by atoms with E-state index >= 15 is 0 Å². The van der Waals surface area contributed by atoms with E-state index in [-0.39, 0.29) is 12.0 Å². The molecule has 6 heteroatoms. The molecule has 0 spiro atoms. The molecule has 1 rings (SSSR count). The number of aromatic nitrogens is 2. The molecule has 0 saturated carbocycles. The van der Waals surface area contributed by atoms with Crippen LogP contribution in [0, 0.1) is 0 Å². The fourth-order valence-corrected chi connectivity index (χ4v) is 2.50. The van der Waals surface area contributed by atoms with Gasteiger partial charge in [-0.3, -0.25) is 4.21 Å². The van der Waals surface area contributed by atoms with Crippen LogP contribution in [-0.4, -0.2) is 38.8 Å². The van der Waals surface area contributed by atoms with E-state index in [9.17, 15) is 4.21 Å². The zero-order valence-corrected chi connectivity index (χ0v) is 13.2. The summed E-state index contributed by atoms with van der Waals surface area (Å²) in [4.78, 5) is 8.97. The number of rotatable bonds is 7. The second kappa shape index (κ2) is 7.43. The molecule has 2 N–H and O–H groups in total. The number of anilines is 2. The second-order valence-electron chi connectivity index (χ2n) is 4.97. The van der Waals surface area contributed by atoms with Gasteiger partial charge in [0.05, 0.1) is 0 Å². The first-order valence-corrected chi connectivity index (χ1v) is 8.34. The molecule has 0 bridgehead atoms. The van der Waals surface area contributed by atoms with Crippen LogP contribution in [0.5, 0.6) is 0 Å². The number of hydrogen-bond donors (Lipinski definition) is 2. The maximum atomic E-state index is 11.2. The third kappa shape index (κ3) is 5.55. The van der Waals surface area contributed by atoms with Crippen molar-refractivity contribution in [3.05, 3.63) is 11.9 Å². The summed E-state index contributed by atoms with van der Waals surface area (Å²) in [5, 5.41) is 6.49. The SMILES string of the molecule is CCNc1cc(NC(C)CS(C)=O)nc(C(C)C)n1. The minimum atomic E-state index is -0.814. The largest absolute Gasteiger partial charge is 0.370 e. The van der Waals surface area contributed by atoms with Crippen molar-refractivity contribution in [2.24, 2.45) is 0 Å². The summed E-state index contributed by atoms with van der Waals surface area (Å²) < 4.78 is 11.2. The minimum absolute atomic E-state index is 0.121. The van der Waals surface area contributed by atoms with Crippen molar-refractivity contribution in [2.75, 3.05) is 29.2 Å². The van der Waals surface area contributed by atoms with Gasteiger partial charge >= 0.3 is 0 Å². The third-order valence-corrected chi connectivity index (χ3v) is 3.47. The third-order valence-electron chi connectivity index (χ3n) is 2.50. The van der Waals surface area contributed by atoms with E-state index < -0.39 is 10.8 Å². The van der Waals surface area contributed by atoms with E-state index in [1.165, 1.54) is 0 Å². The first kappa shape index (κ1) is 15.9. The Labute approximate surface area is 118 Å². The summed E-state index contributed by atoms with van der Waals surface area (Å²) in [6, 6.07) is 2.01. The lowest BCUT2D eigenvalue weighted by Crippen LogP contribution is -2.23. The molecule has 1 aromatic heterocycles. The molecule has 1 aromatic rings. The molecule has 5 nitrogen and oxygen atoms in total. The van der Waals surface area contributed by atoms with Crippen LogP contribution >= 0.6 is 0 Å². The van der Waals surface area contributed by atoms with Gasteiger partial charge in [0, 0.05) is 47.4 Å². The molecule has 0 aromatic carbocycles. The van der Waals surface area contributed by atoms with E-state index in [0.29, 0.717) is 5.75 Å². The molecule has 2 atom stereocenters. The van der Waals surface area contributed by atoms with Crippen LogP contribution in [0.1, 0.15) is 39.4 Å². The predicted molar refractivity (Wildman–Crippen MR) is 82.3 cm³/mol. The molecule has 0 aliphatic heterocycles. The molecule has 0 saturated heterocycles. The lowest BCUT2D eigenvalue weighted by Gasteiger charge is -2.16. The summed E-state index contributed by atoms with van der Waals surface area (Å²) in [7, 11) is -0.814. The van der Waals surface area contributed by atoms with Crippen molar-refractivity contribution in [2.45, 2.75) is 39.7 Å². The summed E-state index contributed by atoms with van der Waals surface area (Å²) in [5.74, 6) is 3.30. The predicted octanol–water partition coefficient (Wildman–Crippen LogP) is 2.21. The molecule has 1 heterocycles. The van der Waals surface area contributed by atoms with Gasteiger partial charge in [-0.05, 0) is 13.8 Å². The van der Waals surface area contributed by atoms with E-state index in [2.05, 4.69) is 34.4 Å². The Morgan fingerprint density at radius 1 is 1.26 bits per heavy atom. The fourth-order valence-electron chi connectivity index (χ4n) is 1.72. The normalized spacial score (nSPS) is 14.2. The van der Waals surface area contributed by atoms with E-state index in [1.54, 1.807) is 6.26 Å². The molecule has 0 fully saturated rings. The Balaban J connectivity index is 2.89. The van der Waals surface area contributed by atoms with Crippen LogP contribution in [0.4, 0.5) is 11.6 Å². The molecule has 0 radical (unpaired) electrons. The molecular formula is C13H24N4OS. The van der Waals surface area contributed by atoms with Gasteiger partial charge in [0.2, 0.25) is 0 Å². The van der Waals surface area contributed by atoms with Crippen molar-refractivity contribution in [3.63, 3.8) is 0 Å². The molecule has 0 aliphatic rings. The first-order chi connectivity index (χ1) is 8.92. The van der Waals surface area contributed by atoms with Gasteiger partial charge in [-0.15, -0.1) is 0 Å². The minimum Gasteiger partial charge on any atom is -0.370 e. The van der Waals surface area contributed by atoms with Gasteiger partial charge in [0.25, 0.3) is 0 Å². The molecule has 19 heavy (non-hydrogen) atoms. The molecule has 108 valence electrons. The highest BCUT2D eigenvalue weighted by Gasteiger charge is 2.10. The Hall–Kier alpha value is -1.17. The second-order valence-corrected chi connectivity index (χ2v) is 6.45. The van der Waals surface area contributed by atoms with Crippen LogP contribution in [0.25, 0.3) is 0 Å². The average Bonchev–Trinajstić information content (AvgIpc) is 2.27. The molecule has 0 aliphatic carbocycles. The van der Waals surface area contributed by atoms with Gasteiger partial charge in [-0.1, -0.05) is 13.8 Å². The van der Waals surface area contributed by atoms with Gasteiger partial charge in [-0.2, -0.15) is 0 Å². The standard InChI is InChI=1S/C13H24N4OS/c1-6-14-11-7-12(15-10(4)8-19(5)18)17-13(16-11)9(2)3/h7,9-10H,6,8H2,1-5H3,(H2,14,15,16,17). The van der Waals surface area contributed by atoms with Crippen LogP contribution < -0.4 is 10.6 Å². The first-order valence-electron chi connectivity index (χ1n) is 6.61.